The second-order valence-corrected chi connectivity index (χ2v) is 6.69. The van der Waals surface area contributed by atoms with Crippen molar-refractivity contribution >= 4 is 11.8 Å². The third kappa shape index (κ3) is 3.90. The van der Waals surface area contributed by atoms with Gasteiger partial charge in [0.15, 0.2) is 0 Å². The maximum Gasteiger partial charge on any atom is 0.119 e. The average molecular weight is 295 g/mol. The molecule has 0 aromatic heterocycles. The molecule has 2 N–H and O–H groups in total. The zero-order valence-corrected chi connectivity index (χ0v) is 13.4. The number of aryl methyl sites for hydroxylation is 1. The zero-order chi connectivity index (χ0) is 14.6. The lowest BCUT2D eigenvalue weighted by Crippen LogP contribution is -2.42. The van der Waals surface area contributed by atoms with Crippen LogP contribution < -0.4 is 10.1 Å². The van der Waals surface area contributed by atoms with Crippen LogP contribution in [0.15, 0.2) is 18.2 Å². The first-order valence-electron chi connectivity index (χ1n) is 7.17. The van der Waals surface area contributed by atoms with E-state index < -0.39 is 5.60 Å². The smallest absolute Gasteiger partial charge is 0.119 e. The van der Waals surface area contributed by atoms with Crippen molar-refractivity contribution in [1.82, 2.24) is 5.32 Å². The molecule has 0 amide bonds. The van der Waals surface area contributed by atoms with Gasteiger partial charge in [-0.2, -0.15) is 11.8 Å². The van der Waals surface area contributed by atoms with Crippen LogP contribution in [-0.2, 0) is 6.42 Å². The van der Waals surface area contributed by atoms with Gasteiger partial charge in [0.05, 0.1) is 12.7 Å². The number of benzene rings is 1. The Labute approximate surface area is 126 Å². The van der Waals surface area contributed by atoms with E-state index in [2.05, 4.69) is 17.4 Å². The molecule has 2 atom stereocenters. The Morgan fingerprint density at radius 3 is 3.00 bits per heavy atom. The summed E-state index contributed by atoms with van der Waals surface area (Å²) in [6.45, 7) is 2.53. The molecule has 1 aromatic rings. The number of methoxy groups -OCH3 is 1. The average Bonchev–Trinajstić information content (AvgIpc) is 2.44. The summed E-state index contributed by atoms with van der Waals surface area (Å²) in [6, 6.07) is 6.68. The number of hydrogen-bond acceptors (Lipinski definition) is 4. The molecule has 0 radical (unpaired) electrons. The lowest BCUT2D eigenvalue weighted by atomic mass is 9.87. The van der Waals surface area contributed by atoms with Crippen LogP contribution in [-0.4, -0.2) is 36.4 Å². The molecule has 0 bridgehead atoms. The van der Waals surface area contributed by atoms with Gasteiger partial charge in [0.1, 0.15) is 5.75 Å². The highest BCUT2D eigenvalue weighted by atomic mass is 32.2. The molecule has 2 rings (SSSR count). The van der Waals surface area contributed by atoms with Gasteiger partial charge in [-0.05, 0) is 55.7 Å². The van der Waals surface area contributed by atoms with Crippen LogP contribution in [0, 0.1) is 0 Å². The lowest BCUT2D eigenvalue weighted by Gasteiger charge is -2.30. The Kier molecular flexibility index (Phi) is 5.35. The monoisotopic (exact) mass is 295 g/mol. The maximum absolute atomic E-state index is 10.3. The van der Waals surface area contributed by atoms with Gasteiger partial charge in [-0.3, -0.25) is 0 Å². The van der Waals surface area contributed by atoms with Gasteiger partial charge in [-0.1, -0.05) is 6.07 Å². The van der Waals surface area contributed by atoms with E-state index in [1.807, 2.05) is 19.2 Å². The first-order valence-corrected chi connectivity index (χ1v) is 8.56. The van der Waals surface area contributed by atoms with Crippen molar-refractivity contribution in [2.75, 3.05) is 25.7 Å². The fraction of sp³-hybridized carbons (Fsp3) is 0.625. The molecular formula is C16H25NO2S. The third-order valence-electron chi connectivity index (χ3n) is 3.85. The molecule has 0 fully saturated rings. The summed E-state index contributed by atoms with van der Waals surface area (Å²) in [5.41, 5.74) is 2.08. The van der Waals surface area contributed by atoms with Gasteiger partial charge < -0.3 is 15.2 Å². The molecule has 1 aromatic carbocycles. The third-order valence-corrected chi connectivity index (χ3v) is 4.76. The minimum Gasteiger partial charge on any atom is -0.497 e. The SMILES string of the molecule is COc1ccc2c(c1)CCCC2NCC(C)(O)CSC. The highest BCUT2D eigenvalue weighted by Crippen LogP contribution is 2.32. The van der Waals surface area contributed by atoms with Crippen LogP contribution in [0.5, 0.6) is 5.75 Å². The summed E-state index contributed by atoms with van der Waals surface area (Å²) in [5, 5.41) is 13.8. The van der Waals surface area contributed by atoms with Crippen molar-refractivity contribution in [3.63, 3.8) is 0 Å². The molecule has 0 saturated heterocycles. The van der Waals surface area contributed by atoms with E-state index in [1.165, 1.54) is 17.5 Å². The van der Waals surface area contributed by atoms with Crippen LogP contribution in [0.1, 0.15) is 36.9 Å². The van der Waals surface area contributed by atoms with E-state index in [4.69, 9.17) is 4.74 Å². The fourth-order valence-corrected chi connectivity index (χ4v) is 3.56. The Hall–Kier alpha value is -0.710. The number of nitrogens with one attached hydrogen (secondary N) is 1. The van der Waals surface area contributed by atoms with Crippen molar-refractivity contribution in [1.29, 1.82) is 0 Å². The van der Waals surface area contributed by atoms with Crippen LogP contribution in [0.3, 0.4) is 0 Å². The molecular weight excluding hydrogens is 270 g/mol. The van der Waals surface area contributed by atoms with Crippen LogP contribution in [0.25, 0.3) is 0 Å². The van der Waals surface area contributed by atoms with E-state index >= 15 is 0 Å². The number of ether oxygens (including phenoxy) is 1. The molecule has 0 saturated carbocycles. The molecule has 112 valence electrons. The van der Waals surface area contributed by atoms with Gasteiger partial charge >= 0.3 is 0 Å². The quantitative estimate of drug-likeness (QED) is 0.847. The summed E-state index contributed by atoms with van der Waals surface area (Å²) >= 11 is 1.68. The lowest BCUT2D eigenvalue weighted by molar-refractivity contribution is 0.0806. The van der Waals surface area contributed by atoms with E-state index in [1.54, 1.807) is 18.9 Å². The topological polar surface area (TPSA) is 41.5 Å². The van der Waals surface area contributed by atoms with Crippen molar-refractivity contribution in [3.8, 4) is 5.75 Å². The predicted molar refractivity (Wildman–Crippen MR) is 85.7 cm³/mol. The normalized spacial score (nSPS) is 21.1. The van der Waals surface area contributed by atoms with Gasteiger partial charge in [-0.15, -0.1) is 0 Å². The molecule has 3 nitrogen and oxygen atoms in total. The van der Waals surface area contributed by atoms with E-state index in [9.17, 15) is 5.11 Å². The summed E-state index contributed by atoms with van der Waals surface area (Å²) in [4.78, 5) is 0. The van der Waals surface area contributed by atoms with E-state index in [-0.39, 0.29) is 0 Å². The van der Waals surface area contributed by atoms with Crippen molar-refractivity contribution < 1.29 is 9.84 Å². The minimum atomic E-state index is -0.649. The summed E-state index contributed by atoms with van der Waals surface area (Å²) in [7, 11) is 1.71. The van der Waals surface area contributed by atoms with Gasteiger partial charge in [0.25, 0.3) is 0 Å². The summed E-state index contributed by atoms with van der Waals surface area (Å²) in [5.74, 6) is 1.68. The highest BCUT2D eigenvalue weighted by molar-refractivity contribution is 7.98. The molecule has 0 aliphatic heterocycles. The van der Waals surface area contributed by atoms with Gasteiger partial charge in [-0.25, -0.2) is 0 Å². The molecule has 1 aliphatic carbocycles. The molecule has 0 heterocycles. The molecule has 1 aliphatic rings. The highest BCUT2D eigenvalue weighted by Gasteiger charge is 2.25. The van der Waals surface area contributed by atoms with Gasteiger partial charge in [0.2, 0.25) is 0 Å². The number of hydrogen-bond donors (Lipinski definition) is 2. The maximum atomic E-state index is 10.3. The van der Waals surface area contributed by atoms with Crippen LogP contribution in [0.4, 0.5) is 0 Å². The second-order valence-electron chi connectivity index (χ2n) is 5.82. The second kappa shape index (κ2) is 6.83. The number of rotatable bonds is 6. The molecule has 0 spiro atoms. The predicted octanol–water partition coefficient (Wildman–Crippen LogP) is 2.78. The largest absolute Gasteiger partial charge is 0.497 e. The number of fused-ring (bicyclic) bond motifs is 1. The first-order chi connectivity index (χ1) is 9.55. The Balaban J connectivity index is 2.05. The van der Waals surface area contributed by atoms with Crippen LogP contribution in [0.2, 0.25) is 0 Å². The van der Waals surface area contributed by atoms with Crippen molar-refractivity contribution in [2.24, 2.45) is 0 Å². The molecule has 20 heavy (non-hydrogen) atoms. The standard InChI is InChI=1S/C16H25NO2S/c1-16(18,11-20-3)10-17-15-6-4-5-12-9-13(19-2)7-8-14(12)15/h7-9,15,17-18H,4-6,10-11H2,1-3H3. The summed E-state index contributed by atoms with van der Waals surface area (Å²) < 4.78 is 5.30. The Morgan fingerprint density at radius 1 is 1.50 bits per heavy atom. The van der Waals surface area contributed by atoms with E-state index in [0.717, 1.165) is 24.3 Å². The Bertz CT molecular complexity index is 448. The van der Waals surface area contributed by atoms with E-state index in [0.29, 0.717) is 12.6 Å². The number of aliphatic hydroxyl groups is 1. The number of thioether (sulfide) groups is 1. The van der Waals surface area contributed by atoms with Crippen molar-refractivity contribution in [2.45, 2.75) is 37.8 Å². The minimum absolute atomic E-state index is 0.345. The van der Waals surface area contributed by atoms with Crippen molar-refractivity contribution in [3.05, 3.63) is 29.3 Å². The summed E-state index contributed by atoms with van der Waals surface area (Å²) in [6.07, 6.45) is 5.46. The van der Waals surface area contributed by atoms with Gasteiger partial charge in [0, 0.05) is 18.3 Å². The first kappa shape index (κ1) is 15.7. The Morgan fingerprint density at radius 2 is 2.30 bits per heavy atom. The van der Waals surface area contributed by atoms with Crippen LogP contribution >= 0.6 is 11.8 Å². The molecule has 4 heteroatoms. The molecule has 2 unspecified atom stereocenters. The zero-order valence-electron chi connectivity index (χ0n) is 12.6. The fourth-order valence-electron chi connectivity index (χ4n) is 2.83.